The Kier molecular flexibility index (Phi) is 2.04. The molecule has 0 radical (unpaired) electrons. The number of nitrogen functional groups attached to an aromatic ring is 1. The van der Waals surface area contributed by atoms with E-state index in [1.54, 1.807) is 4.68 Å². The molecule has 84 valence electrons. The molecule has 0 fully saturated rings. The number of aromatic nitrogens is 4. The first-order chi connectivity index (χ1) is 8.24. The van der Waals surface area contributed by atoms with Crippen LogP contribution in [0.25, 0.3) is 22.0 Å². The molecule has 1 aromatic carbocycles. The Balaban J connectivity index is 2.22. The summed E-state index contributed by atoms with van der Waals surface area (Å²) >= 11 is 0. The summed E-state index contributed by atoms with van der Waals surface area (Å²) in [7, 11) is 1.89. The molecule has 0 aliphatic carbocycles. The zero-order valence-electron chi connectivity index (χ0n) is 9.33. The maximum atomic E-state index is 5.84. The molecule has 0 amide bonds. The summed E-state index contributed by atoms with van der Waals surface area (Å²) in [4.78, 5) is 8.16. The van der Waals surface area contributed by atoms with E-state index in [1.165, 1.54) is 6.33 Å². The minimum absolute atomic E-state index is 0.501. The van der Waals surface area contributed by atoms with Gasteiger partial charge in [0.05, 0.1) is 11.7 Å². The molecule has 0 unspecified atom stereocenters. The minimum atomic E-state index is 0.501. The summed E-state index contributed by atoms with van der Waals surface area (Å²) in [5.74, 6) is 0.501. The number of hydrogen-bond acceptors (Lipinski definition) is 4. The minimum Gasteiger partial charge on any atom is -0.383 e. The zero-order valence-corrected chi connectivity index (χ0v) is 9.33. The van der Waals surface area contributed by atoms with E-state index in [4.69, 9.17) is 5.73 Å². The molecule has 5 nitrogen and oxygen atoms in total. The molecule has 0 saturated heterocycles. The van der Waals surface area contributed by atoms with E-state index >= 15 is 0 Å². The third-order valence-electron chi connectivity index (χ3n) is 2.70. The van der Waals surface area contributed by atoms with Gasteiger partial charge in [-0.3, -0.25) is 4.68 Å². The van der Waals surface area contributed by atoms with Crippen LogP contribution in [0, 0.1) is 0 Å². The van der Waals surface area contributed by atoms with Gasteiger partial charge in [-0.15, -0.1) is 0 Å². The van der Waals surface area contributed by atoms with E-state index in [0.29, 0.717) is 5.82 Å². The van der Waals surface area contributed by atoms with Crippen molar-refractivity contribution in [3.05, 3.63) is 36.9 Å². The van der Waals surface area contributed by atoms with Gasteiger partial charge in [-0.05, 0) is 17.7 Å². The predicted octanol–water partition coefficient (Wildman–Crippen LogP) is 1.61. The second kappa shape index (κ2) is 3.55. The Morgan fingerprint density at radius 2 is 2.06 bits per heavy atom. The smallest absolute Gasteiger partial charge is 0.134 e. The van der Waals surface area contributed by atoms with Crippen molar-refractivity contribution < 1.29 is 0 Å². The fourth-order valence-corrected chi connectivity index (χ4v) is 1.83. The average molecular weight is 225 g/mol. The highest BCUT2D eigenvalue weighted by atomic mass is 15.2. The first kappa shape index (κ1) is 9.77. The summed E-state index contributed by atoms with van der Waals surface area (Å²) in [5, 5.41) is 5.02. The standard InChI is InChI=1S/C12H11N5/c1-17-6-9(5-16-17)8-2-3-11-10(4-8)12(13)15-7-14-11/h2-7H,1H3,(H2,13,14,15). The van der Waals surface area contributed by atoms with Crippen molar-refractivity contribution in [2.75, 3.05) is 5.73 Å². The Labute approximate surface area is 97.9 Å². The summed E-state index contributed by atoms with van der Waals surface area (Å²) < 4.78 is 1.77. The summed E-state index contributed by atoms with van der Waals surface area (Å²) in [6.07, 6.45) is 5.25. The van der Waals surface area contributed by atoms with Gasteiger partial charge < -0.3 is 5.73 Å². The number of nitrogens with zero attached hydrogens (tertiary/aromatic N) is 4. The number of nitrogens with two attached hydrogens (primary N) is 1. The van der Waals surface area contributed by atoms with Gasteiger partial charge in [0.1, 0.15) is 12.1 Å². The summed E-state index contributed by atoms with van der Waals surface area (Å²) in [6.45, 7) is 0. The van der Waals surface area contributed by atoms with Crippen LogP contribution in [0.1, 0.15) is 0 Å². The number of benzene rings is 1. The van der Waals surface area contributed by atoms with Gasteiger partial charge in [0.25, 0.3) is 0 Å². The van der Waals surface area contributed by atoms with Gasteiger partial charge >= 0.3 is 0 Å². The van der Waals surface area contributed by atoms with Crippen LogP contribution in [0.5, 0.6) is 0 Å². The second-order valence-electron chi connectivity index (χ2n) is 3.89. The molecule has 2 N–H and O–H groups in total. The summed E-state index contributed by atoms with van der Waals surface area (Å²) in [6, 6.07) is 5.93. The molecule has 0 saturated carbocycles. The van der Waals surface area contributed by atoms with Crippen molar-refractivity contribution >= 4 is 16.7 Å². The molecule has 17 heavy (non-hydrogen) atoms. The number of fused-ring (bicyclic) bond motifs is 1. The predicted molar refractivity (Wildman–Crippen MR) is 66.2 cm³/mol. The Bertz CT molecular complexity index is 686. The van der Waals surface area contributed by atoms with Crippen LogP contribution in [0.4, 0.5) is 5.82 Å². The highest BCUT2D eigenvalue weighted by molar-refractivity contribution is 5.91. The third-order valence-corrected chi connectivity index (χ3v) is 2.70. The molecule has 3 rings (SSSR count). The molecular formula is C12H11N5. The van der Waals surface area contributed by atoms with Crippen LogP contribution in [-0.4, -0.2) is 19.7 Å². The van der Waals surface area contributed by atoms with Gasteiger partial charge in [-0.25, -0.2) is 9.97 Å². The van der Waals surface area contributed by atoms with Gasteiger partial charge in [0.15, 0.2) is 0 Å². The van der Waals surface area contributed by atoms with E-state index in [1.807, 2.05) is 37.6 Å². The Morgan fingerprint density at radius 1 is 1.18 bits per heavy atom. The fourth-order valence-electron chi connectivity index (χ4n) is 1.83. The zero-order chi connectivity index (χ0) is 11.8. The Morgan fingerprint density at radius 3 is 2.82 bits per heavy atom. The lowest BCUT2D eigenvalue weighted by molar-refractivity contribution is 0.768. The maximum Gasteiger partial charge on any atom is 0.134 e. The lowest BCUT2D eigenvalue weighted by Gasteiger charge is -2.02. The molecule has 2 heterocycles. The van der Waals surface area contributed by atoms with Crippen LogP contribution in [0.15, 0.2) is 36.9 Å². The number of rotatable bonds is 1. The van der Waals surface area contributed by atoms with Gasteiger partial charge in [-0.1, -0.05) is 6.07 Å². The van der Waals surface area contributed by atoms with Crippen molar-refractivity contribution in [1.29, 1.82) is 0 Å². The normalized spacial score (nSPS) is 10.9. The van der Waals surface area contributed by atoms with E-state index < -0.39 is 0 Å². The fraction of sp³-hybridized carbons (Fsp3) is 0.0833. The van der Waals surface area contributed by atoms with Gasteiger partial charge in [0.2, 0.25) is 0 Å². The molecule has 3 aromatic rings. The molecular weight excluding hydrogens is 214 g/mol. The summed E-state index contributed by atoms with van der Waals surface area (Å²) in [5.41, 5.74) is 8.80. The van der Waals surface area contributed by atoms with Crippen molar-refractivity contribution in [3.8, 4) is 11.1 Å². The lowest BCUT2D eigenvalue weighted by atomic mass is 10.1. The van der Waals surface area contributed by atoms with Gasteiger partial charge in [0, 0.05) is 24.2 Å². The lowest BCUT2D eigenvalue weighted by Crippen LogP contribution is -1.93. The van der Waals surface area contributed by atoms with E-state index in [-0.39, 0.29) is 0 Å². The molecule has 2 aromatic heterocycles. The molecule has 5 heteroatoms. The van der Waals surface area contributed by atoms with Crippen LogP contribution in [-0.2, 0) is 7.05 Å². The quantitative estimate of drug-likeness (QED) is 0.683. The molecule has 0 aliphatic rings. The first-order valence-corrected chi connectivity index (χ1v) is 5.23. The average Bonchev–Trinajstić information content (AvgIpc) is 2.76. The maximum absolute atomic E-state index is 5.84. The molecule has 0 bridgehead atoms. The molecule has 0 atom stereocenters. The van der Waals surface area contributed by atoms with Crippen molar-refractivity contribution in [2.24, 2.45) is 7.05 Å². The highest BCUT2D eigenvalue weighted by Gasteiger charge is 2.04. The highest BCUT2D eigenvalue weighted by Crippen LogP contribution is 2.25. The number of anilines is 1. The number of hydrogen-bond donors (Lipinski definition) is 1. The van der Waals surface area contributed by atoms with Crippen LogP contribution >= 0.6 is 0 Å². The van der Waals surface area contributed by atoms with Crippen molar-refractivity contribution in [2.45, 2.75) is 0 Å². The number of aryl methyl sites for hydroxylation is 1. The second-order valence-corrected chi connectivity index (χ2v) is 3.89. The Hall–Kier alpha value is -2.43. The van der Waals surface area contributed by atoms with Crippen molar-refractivity contribution in [1.82, 2.24) is 19.7 Å². The van der Waals surface area contributed by atoms with Crippen LogP contribution < -0.4 is 5.73 Å². The first-order valence-electron chi connectivity index (χ1n) is 5.23. The van der Waals surface area contributed by atoms with Crippen molar-refractivity contribution in [3.63, 3.8) is 0 Å². The van der Waals surface area contributed by atoms with Crippen LogP contribution in [0.3, 0.4) is 0 Å². The molecule has 0 spiro atoms. The topological polar surface area (TPSA) is 69.6 Å². The largest absolute Gasteiger partial charge is 0.383 e. The third kappa shape index (κ3) is 1.61. The SMILES string of the molecule is Cn1cc(-c2ccc3ncnc(N)c3c2)cn1. The van der Waals surface area contributed by atoms with E-state index in [9.17, 15) is 0 Å². The van der Waals surface area contributed by atoms with E-state index in [2.05, 4.69) is 15.1 Å². The monoisotopic (exact) mass is 225 g/mol. The van der Waals surface area contributed by atoms with Gasteiger partial charge in [-0.2, -0.15) is 5.10 Å². The molecule has 0 aliphatic heterocycles. The van der Waals surface area contributed by atoms with E-state index in [0.717, 1.165) is 22.0 Å². The van der Waals surface area contributed by atoms with Crippen LogP contribution in [0.2, 0.25) is 0 Å².